The van der Waals surface area contributed by atoms with Crippen molar-refractivity contribution in [2.45, 2.75) is 13.3 Å². The number of hydrogen-bond acceptors (Lipinski definition) is 2. The SMILES string of the molecule is Cc1cc(NC(=O)Cc2ccc(Br)cc2)n(-c2ccc(F)cc2)n1. The van der Waals surface area contributed by atoms with Gasteiger partial charge in [-0.05, 0) is 48.9 Å². The molecule has 0 aliphatic heterocycles. The van der Waals surface area contributed by atoms with E-state index in [1.807, 2.05) is 31.2 Å². The molecule has 0 atom stereocenters. The highest BCUT2D eigenvalue weighted by molar-refractivity contribution is 9.10. The lowest BCUT2D eigenvalue weighted by molar-refractivity contribution is -0.115. The summed E-state index contributed by atoms with van der Waals surface area (Å²) in [6.45, 7) is 1.84. The number of halogens is 2. The number of aryl methyl sites for hydroxylation is 1. The molecule has 0 unspecified atom stereocenters. The number of aromatic nitrogens is 2. The Hall–Kier alpha value is -2.47. The maximum Gasteiger partial charge on any atom is 0.229 e. The summed E-state index contributed by atoms with van der Waals surface area (Å²) in [4.78, 5) is 12.3. The van der Waals surface area contributed by atoms with Gasteiger partial charge in [-0.25, -0.2) is 9.07 Å². The minimum Gasteiger partial charge on any atom is -0.310 e. The summed E-state index contributed by atoms with van der Waals surface area (Å²) in [5.74, 6) is 0.102. The predicted octanol–water partition coefficient (Wildman–Crippen LogP) is 4.26. The van der Waals surface area contributed by atoms with E-state index in [1.54, 1.807) is 22.9 Å². The zero-order valence-electron chi connectivity index (χ0n) is 13.0. The molecule has 0 radical (unpaired) electrons. The second-order valence-corrected chi connectivity index (χ2v) is 6.33. The molecule has 1 aromatic heterocycles. The van der Waals surface area contributed by atoms with Crippen LogP contribution in [0.15, 0.2) is 59.1 Å². The van der Waals surface area contributed by atoms with Crippen LogP contribution in [0.2, 0.25) is 0 Å². The number of carbonyl (C=O) groups excluding carboxylic acids is 1. The fourth-order valence-electron chi connectivity index (χ4n) is 2.34. The Morgan fingerprint density at radius 2 is 1.83 bits per heavy atom. The zero-order valence-corrected chi connectivity index (χ0v) is 14.5. The maximum atomic E-state index is 13.1. The number of benzene rings is 2. The standard InChI is InChI=1S/C18H15BrFN3O/c1-12-10-17(23(22-12)16-8-6-15(20)7-9-16)21-18(24)11-13-2-4-14(19)5-3-13/h2-10H,11H2,1H3,(H,21,24). The Balaban J connectivity index is 1.78. The number of carbonyl (C=O) groups is 1. The largest absolute Gasteiger partial charge is 0.310 e. The van der Waals surface area contributed by atoms with Crippen molar-refractivity contribution in [1.29, 1.82) is 0 Å². The number of nitrogens with one attached hydrogen (secondary N) is 1. The summed E-state index contributed by atoms with van der Waals surface area (Å²) in [6, 6.07) is 15.3. The molecule has 3 aromatic rings. The highest BCUT2D eigenvalue weighted by Crippen LogP contribution is 2.18. The van der Waals surface area contributed by atoms with Crippen LogP contribution in [0, 0.1) is 12.7 Å². The van der Waals surface area contributed by atoms with Gasteiger partial charge in [-0.2, -0.15) is 5.10 Å². The van der Waals surface area contributed by atoms with Crippen molar-refractivity contribution in [3.63, 3.8) is 0 Å². The van der Waals surface area contributed by atoms with E-state index in [0.29, 0.717) is 11.5 Å². The second kappa shape index (κ2) is 6.97. The molecule has 4 nitrogen and oxygen atoms in total. The van der Waals surface area contributed by atoms with Crippen molar-refractivity contribution in [3.8, 4) is 5.69 Å². The van der Waals surface area contributed by atoms with Gasteiger partial charge in [-0.3, -0.25) is 4.79 Å². The number of hydrogen-bond donors (Lipinski definition) is 1. The summed E-state index contributed by atoms with van der Waals surface area (Å²) in [7, 11) is 0. The highest BCUT2D eigenvalue weighted by atomic mass is 79.9. The molecular weight excluding hydrogens is 373 g/mol. The van der Waals surface area contributed by atoms with Gasteiger partial charge in [-0.1, -0.05) is 28.1 Å². The first-order chi connectivity index (χ1) is 11.5. The summed E-state index contributed by atoms with van der Waals surface area (Å²) < 4.78 is 15.6. The van der Waals surface area contributed by atoms with E-state index in [1.165, 1.54) is 12.1 Å². The topological polar surface area (TPSA) is 46.9 Å². The van der Waals surface area contributed by atoms with Crippen molar-refractivity contribution in [1.82, 2.24) is 9.78 Å². The van der Waals surface area contributed by atoms with Crippen molar-refractivity contribution in [2.24, 2.45) is 0 Å². The minimum atomic E-state index is -0.316. The number of anilines is 1. The van der Waals surface area contributed by atoms with Crippen molar-refractivity contribution in [2.75, 3.05) is 5.32 Å². The molecular formula is C18H15BrFN3O. The van der Waals surface area contributed by atoms with Gasteiger partial charge in [-0.15, -0.1) is 0 Å². The van der Waals surface area contributed by atoms with Crippen molar-refractivity contribution in [3.05, 3.63) is 76.1 Å². The predicted molar refractivity (Wildman–Crippen MR) is 94.7 cm³/mol. The van der Waals surface area contributed by atoms with Gasteiger partial charge in [0, 0.05) is 10.5 Å². The Bertz CT molecular complexity index is 857. The number of amides is 1. The first-order valence-corrected chi connectivity index (χ1v) is 8.17. The zero-order chi connectivity index (χ0) is 17.1. The van der Waals surface area contributed by atoms with Crippen LogP contribution in [0.25, 0.3) is 5.69 Å². The lowest BCUT2D eigenvalue weighted by atomic mass is 10.1. The van der Waals surface area contributed by atoms with Gasteiger partial charge < -0.3 is 5.32 Å². The van der Waals surface area contributed by atoms with Gasteiger partial charge in [0.25, 0.3) is 0 Å². The molecule has 1 amide bonds. The van der Waals surface area contributed by atoms with Crippen LogP contribution in [-0.4, -0.2) is 15.7 Å². The van der Waals surface area contributed by atoms with E-state index >= 15 is 0 Å². The van der Waals surface area contributed by atoms with Crippen LogP contribution >= 0.6 is 15.9 Å². The Morgan fingerprint density at radius 3 is 2.50 bits per heavy atom. The molecule has 24 heavy (non-hydrogen) atoms. The molecule has 122 valence electrons. The van der Waals surface area contributed by atoms with Crippen LogP contribution in [0.1, 0.15) is 11.3 Å². The van der Waals surface area contributed by atoms with Gasteiger partial charge in [0.2, 0.25) is 5.91 Å². The van der Waals surface area contributed by atoms with E-state index in [-0.39, 0.29) is 18.1 Å². The summed E-state index contributed by atoms with van der Waals surface area (Å²) in [5.41, 5.74) is 2.36. The second-order valence-electron chi connectivity index (χ2n) is 5.41. The van der Waals surface area contributed by atoms with Crippen LogP contribution in [0.5, 0.6) is 0 Å². The molecule has 2 aromatic carbocycles. The van der Waals surface area contributed by atoms with Crippen molar-refractivity contribution < 1.29 is 9.18 Å². The smallest absolute Gasteiger partial charge is 0.229 e. The lowest BCUT2D eigenvalue weighted by Crippen LogP contribution is -2.17. The van der Waals surface area contributed by atoms with Gasteiger partial charge in [0.1, 0.15) is 11.6 Å². The monoisotopic (exact) mass is 387 g/mol. The van der Waals surface area contributed by atoms with E-state index < -0.39 is 0 Å². The molecule has 0 saturated heterocycles. The van der Waals surface area contributed by atoms with Crippen LogP contribution in [0.4, 0.5) is 10.2 Å². The van der Waals surface area contributed by atoms with E-state index in [4.69, 9.17) is 0 Å². The lowest BCUT2D eigenvalue weighted by Gasteiger charge is -2.09. The third-order valence-corrected chi connectivity index (χ3v) is 3.98. The normalized spacial score (nSPS) is 10.6. The van der Waals surface area contributed by atoms with Gasteiger partial charge in [0.05, 0.1) is 17.8 Å². The molecule has 0 aliphatic rings. The highest BCUT2D eigenvalue weighted by Gasteiger charge is 2.11. The average molecular weight is 388 g/mol. The fourth-order valence-corrected chi connectivity index (χ4v) is 2.61. The molecule has 0 saturated carbocycles. The molecule has 0 bridgehead atoms. The van der Waals surface area contributed by atoms with E-state index in [2.05, 4.69) is 26.3 Å². The third kappa shape index (κ3) is 3.89. The van der Waals surface area contributed by atoms with Crippen LogP contribution in [0.3, 0.4) is 0 Å². The van der Waals surface area contributed by atoms with E-state index in [0.717, 1.165) is 15.7 Å². The van der Waals surface area contributed by atoms with Crippen molar-refractivity contribution >= 4 is 27.7 Å². The maximum absolute atomic E-state index is 13.1. The molecule has 0 spiro atoms. The van der Waals surface area contributed by atoms with Gasteiger partial charge >= 0.3 is 0 Å². The number of nitrogens with zero attached hydrogens (tertiary/aromatic N) is 2. The summed E-state index contributed by atoms with van der Waals surface area (Å²) in [6.07, 6.45) is 0.265. The van der Waals surface area contributed by atoms with E-state index in [9.17, 15) is 9.18 Å². The average Bonchev–Trinajstić information content (AvgIpc) is 2.90. The Labute approximate surface area is 147 Å². The third-order valence-electron chi connectivity index (χ3n) is 3.45. The summed E-state index contributed by atoms with van der Waals surface area (Å²) in [5, 5.41) is 7.22. The van der Waals surface area contributed by atoms with Crippen LogP contribution < -0.4 is 5.32 Å². The molecule has 0 fully saturated rings. The fraction of sp³-hybridized carbons (Fsp3) is 0.111. The summed E-state index contributed by atoms with van der Waals surface area (Å²) >= 11 is 3.37. The molecule has 3 rings (SSSR count). The number of rotatable bonds is 4. The van der Waals surface area contributed by atoms with Crippen LogP contribution in [-0.2, 0) is 11.2 Å². The Morgan fingerprint density at radius 1 is 1.17 bits per heavy atom. The molecule has 1 heterocycles. The molecule has 1 N–H and O–H groups in total. The molecule has 6 heteroatoms. The first-order valence-electron chi connectivity index (χ1n) is 7.38. The molecule has 0 aliphatic carbocycles. The first kappa shape index (κ1) is 16.4. The minimum absolute atomic E-state index is 0.138. The Kier molecular flexibility index (Phi) is 4.76. The van der Waals surface area contributed by atoms with Gasteiger partial charge in [0.15, 0.2) is 0 Å². The quantitative estimate of drug-likeness (QED) is 0.726.